The maximum Gasteiger partial charge on any atom is 0.417 e. The molecule has 2 amide bonds. The van der Waals surface area contributed by atoms with Crippen LogP contribution < -0.4 is 10.6 Å². The smallest absolute Gasteiger partial charge is 0.417 e. The monoisotopic (exact) mass is 702 g/mol. The Bertz CT molecular complexity index is 1930. The van der Waals surface area contributed by atoms with E-state index in [9.17, 15) is 35.9 Å². The van der Waals surface area contributed by atoms with Gasteiger partial charge in [-0.2, -0.15) is 26.3 Å². The number of nitrogens with one attached hydrogen (secondary N) is 2. The largest absolute Gasteiger partial charge is 0.431 e. The Kier molecular flexibility index (Phi) is 9.11. The van der Waals surface area contributed by atoms with Crippen LogP contribution in [-0.4, -0.2) is 33.3 Å². The van der Waals surface area contributed by atoms with Gasteiger partial charge in [-0.05, 0) is 59.7 Å². The van der Waals surface area contributed by atoms with E-state index in [1.807, 2.05) is 0 Å². The molecule has 4 aromatic carbocycles. The van der Waals surface area contributed by atoms with Crippen molar-refractivity contribution in [2.24, 2.45) is 0 Å². The van der Waals surface area contributed by atoms with E-state index in [1.165, 1.54) is 0 Å². The Morgan fingerprint density at radius 1 is 0.604 bits per heavy atom. The highest BCUT2D eigenvalue weighted by Crippen LogP contribution is 2.44. The fourth-order valence-electron chi connectivity index (χ4n) is 4.66. The summed E-state index contributed by atoms with van der Waals surface area (Å²) in [5.41, 5.74) is -2.76. The number of rotatable bonds is 9. The van der Waals surface area contributed by atoms with Gasteiger partial charge in [0.2, 0.25) is 11.8 Å². The summed E-state index contributed by atoms with van der Waals surface area (Å²) in [4.78, 5) is 33.5. The molecule has 6 aromatic rings. The van der Waals surface area contributed by atoms with Crippen molar-refractivity contribution in [3.05, 3.63) is 96.1 Å². The SMILES string of the molecule is O=C(CSc1nc2ccccc2o1)Nc1ccc(-c2ccc(NC(=O)CSc3nc4ccccc4o3)cc2C(F)(F)F)c(C(F)(F)F)c1. The molecular weight excluding hydrogens is 682 g/mol. The Hall–Kier alpha value is -4.96. The Morgan fingerprint density at radius 2 is 1.00 bits per heavy atom. The predicted octanol–water partition coefficient (Wildman–Crippen LogP) is 9.14. The first kappa shape index (κ1) is 33.0. The van der Waals surface area contributed by atoms with E-state index in [1.54, 1.807) is 48.5 Å². The first-order valence-electron chi connectivity index (χ1n) is 13.8. The minimum Gasteiger partial charge on any atom is -0.431 e. The molecule has 0 radical (unpaired) electrons. The minimum atomic E-state index is -5.08. The van der Waals surface area contributed by atoms with E-state index in [-0.39, 0.29) is 33.3 Å². The van der Waals surface area contributed by atoms with Crippen LogP contribution in [0.1, 0.15) is 11.1 Å². The third-order valence-corrected chi connectivity index (χ3v) is 8.37. The number of aromatic nitrogens is 2. The Labute approximate surface area is 275 Å². The number of anilines is 2. The van der Waals surface area contributed by atoms with Crippen LogP contribution in [0.3, 0.4) is 0 Å². The fourth-order valence-corrected chi connectivity index (χ4v) is 5.93. The third kappa shape index (κ3) is 7.60. The van der Waals surface area contributed by atoms with Gasteiger partial charge in [0.15, 0.2) is 11.2 Å². The molecular formula is C32H20F6N4O4S2. The minimum absolute atomic E-state index is 0.180. The number of alkyl halides is 6. The maximum atomic E-state index is 14.2. The lowest BCUT2D eigenvalue weighted by molar-refractivity contribution is -0.139. The van der Waals surface area contributed by atoms with Crippen LogP contribution in [0.25, 0.3) is 33.3 Å². The number of hydrogen-bond donors (Lipinski definition) is 2. The molecule has 2 heterocycles. The molecule has 0 bridgehead atoms. The van der Waals surface area contributed by atoms with Crippen LogP contribution in [0.15, 0.2) is 104 Å². The Balaban J connectivity index is 1.18. The van der Waals surface area contributed by atoms with Crippen LogP contribution in [-0.2, 0) is 21.9 Å². The molecule has 0 spiro atoms. The van der Waals surface area contributed by atoms with Crippen molar-refractivity contribution in [2.45, 2.75) is 22.8 Å². The molecule has 2 aromatic heterocycles. The Morgan fingerprint density at radius 3 is 1.38 bits per heavy atom. The number of hydrogen-bond acceptors (Lipinski definition) is 8. The van der Waals surface area contributed by atoms with E-state index >= 15 is 0 Å². The molecule has 0 unspecified atom stereocenters. The lowest BCUT2D eigenvalue weighted by Crippen LogP contribution is -2.17. The number of thioether (sulfide) groups is 2. The number of nitrogens with zero attached hydrogens (tertiary/aromatic N) is 2. The summed E-state index contributed by atoms with van der Waals surface area (Å²) in [7, 11) is 0. The van der Waals surface area contributed by atoms with Crippen LogP contribution in [0.2, 0.25) is 0 Å². The highest BCUT2D eigenvalue weighted by atomic mass is 32.2. The molecule has 0 atom stereocenters. The van der Waals surface area contributed by atoms with Gasteiger partial charge in [-0.3, -0.25) is 9.59 Å². The topological polar surface area (TPSA) is 110 Å². The van der Waals surface area contributed by atoms with Gasteiger partial charge in [0.05, 0.1) is 22.6 Å². The molecule has 0 saturated carbocycles. The molecule has 2 N–H and O–H groups in total. The average Bonchev–Trinajstić information content (AvgIpc) is 3.66. The summed E-state index contributed by atoms with van der Waals surface area (Å²) in [6, 6.07) is 18.8. The number of oxazole rings is 2. The highest BCUT2D eigenvalue weighted by Gasteiger charge is 2.39. The second-order valence-electron chi connectivity index (χ2n) is 10.1. The number of carbonyl (C=O) groups excluding carboxylic acids is 2. The molecule has 48 heavy (non-hydrogen) atoms. The number of carbonyl (C=O) groups is 2. The van der Waals surface area contributed by atoms with Gasteiger partial charge >= 0.3 is 12.4 Å². The highest BCUT2D eigenvalue weighted by molar-refractivity contribution is 8.00. The number of fused-ring (bicyclic) bond motifs is 2. The van der Waals surface area contributed by atoms with Gasteiger partial charge in [0.1, 0.15) is 11.0 Å². The van der Waals surface area contributed by atoms with Gasteiger partial charge in [0, 0.05) is 11.4 Å². The predicted molar refractivity (Wildman–Crippen MR) is 169 cm³/mol. The molecule has 6 rings (SSSR count). The standard InChI is InChI=1S/C32H20F6N4O4S2/c33-31(34,35)21-13-17(39-27(43)15-47-29-41-23-5-1-3-7-25(23)45-29)9-11-19(21)20-12-10-18(14-22(20)32(36,37)38)40-28(44)16-48-30-42-24-6-2-4-8-26(24)46-30/h1-14H,15-16H2,(H,39,43)(H,40,44). The number of amides is 2. The zero-order chi connectivity index (χ0) is 34.1. The van der Waals surface area contributed by atoms with E-state index < -0.39 is 46.4 Å². The number of benzene rings is 4. The van der Waals surface area contributed by atoms with Crippen LogP contribution in [0.5, 0.6) is 0 Å². The van der Waals surface area contributed by atoms with Gasteiger partial charge in [-0.25, -0.2) is 9.97 Å². The summed E-state index contributed by atoms with van der Waals surface area (Å²) < 4.78 is 96.2. The molecule has 0 aliphatic rings. The van der Waals surface area contributed by atoms with Crippen molar-refractivity contribution < 1.29 is 44.8 Å². The van der Waals surface area contributed by atoms with E-state index in [0.717, 1.165) is 47.8 Å². The lowest BCUT2D eigenvalue weighted by atomic mass is 9.93. The summed E-state index contributed by atoms with van der Waals surface area (Å²) in [5.74, 6) is -1.88. The van der Waals surface area contributed by atoms with Crippen molar-refractivity contribution in [3.63, 3.8) is 0 Å². The van der Waals surface area contributed by atoms with Gasteiger partial charge in [-0.1, -0.05) is 59.9 Å². The zero-order valence-electron chi connectivity index (χ0n) is 24.1. The van der Waals surface area contributed by atoms with Crippen LogP contribution in [0, 0.1) is 0 Å². The van der Waals surface area contributed by atoms with E-state index in [4.69, 9.17) is 8.83 Å². The van der Waals surface area contributed by atoms with Crippen molar-refractivity contribution >= 4 is 68.9 Å². The number of halogens is 6. The quantitative estimate of drug-likeness (QED) is 0.113. The molecule has 0 aliphatic carbocycles. The lowest BCUT2D eigenvalue weighted by Gasteiger charge is -2.19. The summed E-state index contributed by atoms with van der Waals surface area (Å²) in [6.45, 7) is 0. The van der Waals surface area contributed by atoms with Crippen molar-refractivity contribution in [1.29, 1.82) is 0 Å². The zero-order valence-corrected chi connectivity index (χ0v) is 25.7. The molecule has 0 fully saturated rings. The van der Waals surface area contributed by atoms with Gasteiger partial charge in [-0.15, -0.1) is 0 Å². The summed E-state index contributed by atoms with van der Waals surface area (Å²) >= 11 is 1.84. The first-order chi connectivity index (χ1) is 22.8. The van der Waals surface area contributed by atoms with Gasteiger partial charge < -0.3 is 19.5 Å². The van der Waals surface area contributed by atoms with E-state index in [0.29, 0.717) is 34.3 Å². The normalized spacial score (nSPS) is 12.0. The molecule has 8 nitrogen and oxygen atoms in total. The molecule has 0 saturated heterocycles. The molecule has 16 heteroatoms. The maximum absolute atomic E-state index is 14.2. The third-order valence-electron chi connectivity index (χ3n) is 6.71. The van der Waals surface area contributed by atoms with Crippen molar-refractivity contribution in [1.82, 2.24) is 9.97 Å². The summed E-state index contributed by atoms with van der Waals surface area (Å²) in [5, 5.41) is 5.02. The van der Waals surface area contributed by atoms with Crippen molar-refractivity contribution in [3.8, 4) is 11.1 Å². The second kappa shape index (κ2) is 13.3. The van der Waals surface area contributed by atoms with E-state index in [2.05, 4.69) is 20.6 Å². The first-order valence-corrected chi connectivity index (χ1v) is 15.8. The molecule has 246 valence electrons. The van der Waals surface area contributed by atoms with Crippen LogP contribution >= 0.6 is 23.5 Å². The fraction of sp³-hybridized carbons (Fsp3) is 0.125. The van der Waals surface area contributed by atoms with Crippen molar-refractivity contribution in [2.75, 3.05) is 22.1 Å². The summed E-state index contributed by atoms with van der Waals surface area (Å²) in [6.07, 6.45) is -10.2. The number of para-hydroxylation sites is 4. The average molecular weight is 703 g/mol. The molecule has 0 aliphatic heterocycles. The van der Waals surface area contributed by atoms with Gasteiger partial charge in [0.25, 0.3) is 10.4 Å². The second-order valence-corrected chi connectivity index (χ2v) is 11.9. The van der Waals surface area contributed by atoms with Crippen LogP contribution in [0.4, 0.5) is 37.7 Å².